The third kappa shape index (κ3) is 6.23. The third-order valence-corrected chi connectivity index (χ3v) is 5.73. The summed E-state index contributed by atoms with van der Waals surface area (Å²) >= 11 is 2.80. The molecule has 0 bridgehead atoms. The summed E-state index contributed by atoms with van der Waals surface area (Å²) in [5.74, 6) is 1.89. The summed E-state index contributed by atoms with van der Waals surface area (Å²) in [5.41, 5.74) is 2.02. The molecule has 0 radical (unpaired) electrons. The van der Waals surface area contributed by atoms with Gasteiger partial charge in [0, 0.05) is 22.4 Å². The Balaban J connectivity index is 1.44. The van der Waals surface area contributed by atoms with Gasteiger partial charge in [-0.2, -0.15) is 0 Å². The van der Waals surface area contributed by atoms with Crippen LogP contribution in [0.4, 0.5) is 10.8 Å². The summed E-state index contributed by atoms with van der Waals surface area (Å²) in [6.07, 6.45) is 0. The maximum absolute atomic E-state index is 12.3. The van der Waals surface area contributed by atoms with E-state index in [-0.39, 0.29) is 11.8 Å². The average Bonchev–Trinajstić information content (AvgIpc) is 3.21. The van der Waals surface area contributed by atoms with E-state index in [0.717, 1.165) is 17.1 Å². The van der Waals surface area contributed by atoms with E-state index in [4.69, 9.17) is 9.47 Å². The van der Waals surface area contributed by atoms with E-state index >= 15 is 0 Å². The van der Waals surface area contributed by atoms with Crippen LogP contribution in [-0.2, 0) is 10.5 Å². The molecule has 0 fully saturated rings. The molecule has 0 aliphatic rings. The van der Waals surface area contributed by atoms with Gasteiger partial charge in [-0.3, -0.25) is 14.9 Å². The van der Waals surface area contributed by atoms with Gasteiger partial charge in [0.1, 0.15) is 11.5 Å². The van der Waals surface area contributed by atoms with Crippen molar-refractivity contribution >= 4 is 45.7 Å². The molecule has 2 aromatic carbocycles. The zero-order chi connectivity index (χ0) is 21.3. The Labute approximate surface area is 182 Å². The number of amides is 2. The Morgan fingerprint density at radius 3 is 2.53 bits per heavy atom. The fourth-order valence-electron chi connectivity index (χ4n) is 2.48. The monoisotopic (exact) mass is 443 g/mol. The van der Waals surface area contributed by atoms with Gasteiger partial charge in [-0.1, -0.05) is 6.07 Å². The number of thiazole rings is 1. The van der Waals surface area contributed by atoms with Crippen LogP contribution >= 0.6 is 23.1 Å². The van der Waals surface area contributed by atoms with Crippen LogP contribution < -0.4 is 20.1 Å². The van der Waals surface area contributed by atoms with E-state index in [1.165, 1.54) is 23.1 Å². The number of anilines is 2. The molecule has 2 amide bonds. The van der Waals surface area contributed by atoms with Crippen LogP contribution in [0.5, 0.6) is 11.5 Å². The summed E-state index contributed by atoms with van der Waals surface area (Å²) in [7, 11) is 3.15. The molecule has 0 atom stereocenters. The first-order valence-corrected chi connectivity index (χ1v) is 11.0. The van der Waals surface area contributed by atoms with Crippen molar-refractivity contribution in [1.82, 2.24) is 4.98 Å². The Kier molecular flexibility index (Phi) is 7.69. The van der Waals surface area contributed by atoms with E-state index in [2.05, 4.69) is 15.6 Å². The normalized spacial score (nSPS) is 10.3. The first-order chi connectivity index (χ1) is 14.6. The predicted octanol–water partition coefficient (Wildman–Crippen LogP) is 4.28. The van der Waals surface area contributed by atoms with Crippen molar-refractivity contribution in [1.29, 1.82) is 0 Å². The van der Waals surface area contributed by atoms with Crippen LogP contribution in [0.2, 0.25) is 0 Å². The summed E-state index contributed by atoms with van der Waals surface area (Å²) in [6, 6.07) is 14.1. The molecule has 0 saturated heterocycles. The minimum atomic E-state index is -0.249. The minimum Gasteiger partial charge on any atom is -0.497 e. The van der Waals surface area contributed by atoms with Crippen LogP contribution in [0.1, 0.15) is 16.1 Å². The molecule has 9 heteroatoms. The molecule has 30 heavy (non-hydrogen) atoms. The number of nitrogens with zero attached hydrogens (tertiary/aromatic N) is 1. The molecule has 0 unspecified atom stereocenters. The largest absolute Gasteiger partial charge is 0.497 e. The second-order valence-electron chi connectivity index (χ2n) is 6.10. The van der Waals surface area contributed by atoms with Gasteiger partial charge < -0.3 is 14.8 Å². The highest BCUT2D eigenvalue weighted by atomic mass is 32.2. The number of hydrogen-bond acceptors (Lipinski definition) is 7. The molecule has 1 heterocycles. The summed E-state index contributed by atoms with van der Waals surface area (Å²) < 4.78 is 10.2. The molecule has 7 nitrogen and oxygen atoms in total. The maximum atomic E-state index is 12.3. The number of carbonyl (C=O) groups excluding carboxylic acids is 2. The molecule has 1 aromatic heterocycles. The van der Waals surface area contributed by atoms with E-state index in [0.29, 0.717) is 28.0 Å². The highest BCUT2D eigenvalue weighted by Crippen LogP contribution is 2.21. The molecule has 0 spiro atoms. The zero-order valence-corrected chi connectivity index (χ0v) is 18.1. The van der Waals surface area contributed by atoms with Gasteiger partial charge in [0.05, 0.1) is 25.7 Å². The van der Waals surface area contributed by atoms with E-state index in [9.17, 15) is 9.59 Å². The van der Waals surface area contributed by atoms with Gasteiger partial charge in [0.2, 0.25) is 5.91 Å². The van der Waals surface area contributed by atoms with Gasteiger partial charge in [-0.05, 0) is 42.5 Å². The quantitative estimate of drug-likeness (QED) is 0.513. The summed E-state index contributed by atoms with van der Waals surface area (Å²) in [5, 5.41) is 8.01. The lowest BCUT2D eigenvalue weighted by molar-refractivity contribution is -0.113. The maximum Gasteiger partial charge on any atom is 0.257 e. The number of carbonyl (C=O) groups is 2. The fraction of sp³-hybridized carbons (Fsp3) is 0.190. The van der Waals surface area contributed by atoms with Crippen LogP contribution in [0.15, 0.2) is 53.9 Å². The third-order valence-electron chi connectivity index (χ3n) is 3.96. The van der Waals surface area contributed by atoms with Crippen molar-refractivity contribution in [3.63, 3.8) is 0 Å². The Bertz CT molecular complexity index is 1010. The number of nitrogens with one attached hydrogen (secondary N) is 2. The number of ether oxygens (including phenoxy) is 2. The van der Waals surface area contributed by atoms with Gasteiger partial charge in [-0.15, -0.1) is 23.1 Å². The van der Waals surface area contributed by atoms with Gasteiger partial charge in [-0.25, -0.2) is 4.98 Å². The van der Waals surface area contributed by atoms with Crippen LogP contribution in [0, 0.1) is 0 Å². The molecular weight excluding hydrogens is 422 g/mol. The van der Waals surface area contributed by atoms with Crippen LogP contribution in [0.25, 0.3) is 0 Å². The standard InChI is InChI=1S/C21H21N3O4S2/c1-27-17-8-6-15(7-9-17)22-19(25)13-29-11-16-12-30-21(23-16)24-20(26)14-4-3-5-18(10-14)28-2/h3-10,12H,11,13H2,1-2H3,(H,22,25)(H,23,24,26). The molecule has 0 aliphatic heterocycles. The molecule has 2 N–H and O–H groups in total. The number of hydrogen-bond donors (Lipinski definition) is 2. The average molecular weight is 444 g/mol. The first-order valence-electron chi connectivity index (χ1n) is 8.99. The topological polar surface area (TPSA) is 89.6 Å². The Morgan fingerprint density at radius 2 is 1.80 bits per heavy atom. The predicted molar refractivity (Wildman–Crippen MR) is 121 cm³/mol. The molecule has 3 rings (SSSR count). The van der Waals surface area contributed by atoms with Gasteiger partial charge in [0.25, 0.3) is 5.91 Å². The van der Waals surface area contributed by atoms with Crippen molar-refractivity contribution in [3.8, 4) is 11.5 Å². The van der Waals surface area contributed by atoms with E-state index in [1.807, 2.05) is 5.38 Å². The zero-order valence-electron chi connectivity index (χ0n) is 16.5. The highest BCUT2D eigenvalue weighted by molar-refractivity contribution is 7.99. The molecule has 3 aromatic rings. The van der Waals surface area contributed by atoms with E-state index < -0.39 is 0 Å². The molecular formula is C21H21N3O4S2. The fourth-order valence-corrected chi connectivity index (χ4v) is 4.01. The number of thioether (sulfide) groups is 1. The smallest absolute Gasteiger partial charge is 0.257 e. The lowest BCUT2D eigenvalue weighted by Gasteiger charge is -2.06. The SMILES string of the molecule is COc1ccc(NC(=O)CSCc2csc(NC(=O)c3cccc(OC)c3)n2)cc1. The van der Waals surface area contributed by atoms with Gasteiger partial charge >= 0.3 is 0 Å². The molecule has 156 valence electrons. The summed E-state index contributed by atoms with van der Waals surface area (Å²) in [4.78, 5) is 28.8. The molecule has 0 saturated carbocycles. The van der Waals surface area contributed by atoms with E-state index in [1.54, 1.807) is 62.8 Å². The second-order valence-corrected chi connectivity index (χ2v) is 7.94. The second kappa shape index (κ2) is 10.7. The number of benzene rings is 2. The number of methoxy groups -OCH3 is 2. The van der Waals surface area contributed by atoms with Crippen LogP contribution in [0.3, 0.4) is 0 Å². The summed E-state index contributed by atoms with van der Waals surface area (Å²) in [6.45, 7) is 0. The number of rotatable bonds is 9. The lowest BCUT2D eigenvalue weighted by Crippen LogP contribution is -2.14. The Morgan fingerprint density at radius 1 is 1.03 bits per heavy atom. The highest BCUT2D eigenvalue weighted by Gasteiger charge is 2.11. The van der Waals surface area contributed by atoms with Crippen LogP contribution in [-0.4, -0.2) is 36.8 Å². The first kappa shape index (κ1) is 21.7. The number of aromatic nitrogens is 1. The minimum absolute atomic E-state index is 0.0908. The van der Waals surface area contributed by atoms with Crippen molar-refractivity contribution in [2.75, 3.05) is 30.6 Å². The van der Waals surface area contributed by atoms with Crippen molar-refractivity contribution < 1.29 is 19.1 Å². The van der Waals surface area contributed by atoms with Crippen molar-refractivity contribution in [3.05, 3.63) is 65.2 Å². The molecule has 0 aliphatic carbocycles. The van der Waals surface area contributed by atoms with Gasteiger partial charge in [0.15, 0.2) is 5.13 Å². The van der Waals surface area contributed by atoms with Crippen molar-refractivity contribution in [2.24, 2.45) is 0 Å². The Hall–Kier alpha value is -3.04. The van der Waals surface area contributed by atoms with Crippen molar-refractivity contribution in [2.45, 2.75) is 5.75 Å². The lowest BCUT2D eigenvalue weighted by atomic mass is 10.2.